The van der Waals surface area contributed by atoms with Gasteiger partial charge in [-0.05, 0) is 0 Å². The predicted molar refractivity (Wildman–Crippen MR) is 45.1 cm³/mol. The maximum absolute atomic E-state index is 3.89. The third kappa shape index (κ3) is 2.68. The van der Waals surface area contributed by atoms with Crippen molar-refractivity contribution < 1.29 is 32.7 Å². The second-order valence-corrected chi connectivity index (χ2v) is 2.33. The SMILES string of the molecule is [Y].[c-]1ncccc1-c1[c-]nccc1. The maximum atomic E-state index is 3.89. The zero-order valence-electron chi connectivity index (χ0n) is 6.94. The Morgan fingerprint density at radius 2 is 1.31 bits per heavy atom. The van der Waals surface area contributed by atoms with E-state index in [-0.39, 0.29) is 32.7 Å². The second kappa shape index (κ2) is 5.20. The molecule has 0 spiro atoms. The molecule has 2 heterocycles. The fraction of sp³-hybridized carbons (Fsp3) is 0. The van der Waals surface area contributed by atoms with E-state index >= 15 is 0 Å². The van der Waals surface area contributed by atoms with Crippen molar-refractivity contribution in [3.05, 3.63) is 49.1 Å². The first-order chi connectivity index (χ1) is 5.97. The minimum absolute atomic E-state index is 0. The Labute approximate surface area is 102 Å². The van der Waals surface area contributed by atoms with Crippen molar-refractivity contribution in [1.82, 2.24) is 9.97 Å². The third-order valence-electron chi connectivity index (χ3n) is 1.51. The topological polar surface area (TPSA) is 25.8 Å². The summed E-state index contributed by atoms with van der Waals surface area (Å²) in [6.45, 7) is 0. The molecule has 0 amide bonds. The second-order valence-electron chi connectivity index (χ2n) is 2.33. The average Bonchev–Trinajstić information content (AvgIpc) is 2.21. The monoisotopic (exact) mass is 243 g/mol. The molecule has 61 valence electrons. The van der Waals surface area contributed by atoms with Gasteiger partial charge in [0.2, 0.25) is 0 Å². The minimum atomic E-state index is 0. The largest absolute Gasteiger partial charge is 0.371 e. The van der Waals surface area contributed by atoms with Crippen LogP contribution in [-0.2, 0) is 32.7 Å². The number of aromatic nitrogens is 2. The van der Waals surface area contributed by atoms with E-state index in [0.717, 1.165) is 11.1 Å². The molecule has 0 fully saturated rings. The van der Waals surface area contributed by atoms with Crippen molar-refractivity contribution in [2.45, 2.75) is 0 Å². The van der Waals surface area contributed by atoms with Gasteiger partial charge >= 0.3 is 0 Å². The van der Waals surface area contributed by atoms with Crippen molar-refractivity contribution in [3.63, 3.8) is 0 Å². The Bertz CT molecular complexity index is 310. The zero-order chi connectivity index (χ0) is 8.23. The van der Waals surface area contributed by atoms with Crippen molar-refractivity contribution in [1.29, 1.82) is 0 Å². The first kappa shape index (κ1) is 10.5. The van der Waals surface area contributed by atoms with E-state index in [0.29, 0.717) is 0 Å². The van der Waals surface area contributed by atoms with Crippen molar-refractivity contribution in [3.8, 4) is 11.1 Å². The summed E-state index contributed by atoms with van der Waals surface area (Å²) in [5.41, 5.74) is 1.84. The summed E-state index contributed by atoms with van der Waals surface area (Å²) in [5, 5.41) is 0. The summed E-state index contributed by atoms with van der Waals surface area (Å²) in [6.07, 6.45) is 9.12. The fourth-order valence-corrected chi connectivity index (χ4v) is 0.953. The Kier molecular flexibility index (Phi) is 4.20. The van der Waals surface area contributed by atoms with E-state index in [9.17, 15) is 0 Å². The molecule has 0 aromatic carbocycles. The number of hydrogen-bond donors (Lipinski definition) is 0. The summed E-state index contributed by atoms with van der Waals surface area (Å²) < 4.78 is 0. The van der Waals surface area contributed by atoms with Gasteiger partial charge in [-0.2, -0.15) is 12.1 Å². The molecule has 0 aliphatic rings. The van der Waals surface area contributed by atoms with E-state index in [4.69, 9.17) is 0 Å². The Morgan fingerprint density at radius 1 is 0.846 bits per heavy atom. The van der Waals surface area contributed by atoms with Crippen LogP contribution in [0.4, 0.5) is 0 Å². The molecule has 1 radical (unpaired) electrons. The summed E-state index contributed by atoms with van der Waals surface area (Å²) in [5.74, 6) is 0. The van der Waals surface area contributed by atoms with Gasteiger partial charge in [-0.1, -0.05) is 24.8 Å². The van der Waals surface area contributed by atoms with Gasteiger partial charge in [0.05, 0.1) is 0 Å². The summed E-state index contributed by atoms with van der Waals surface area (Å²) in [6, 6.07) is 7.60. The molecule has 2 aromatic heterocycles. The van der Waals surface area contributed by atoms with Gasteiger partial charge in [0.1, 0.15) is 0 Å². The van der Waals surface area contributed by atoms with Crippen LogP contribution in [0.15, 0.2) is 36.7 Å². The van der Waals surface area contributed by atoms with Gasteiger partial charge < -0.3 is 9.97 Å². The molecular formula is C10H6N2Y-2. The Hall–Kier alpha value is -0.596. The molecule has 0 N–H and O–H groups in total. The van der Waals surface area contributed by atoms with E-state index in [1.54, 1.807) is 12.4 Å². The van der Waals surface area contributed by atoms with Gasteiger partial charge in [0.25, 0.3) is 0 Å². The van der Waals surface area contributed by atoms with Crippen LogP contribution in [0.2, 0.25) is 0 Å². The van der Waals surface area contributed by atoms with E-state index < -0.39 is 0 Å². The molecule has 0 unspecified atom stereocenters. The van der Waals surface area contributed by atoms with Crippen LogP contribution < -0.4 is 0 Å². The van der Waals surface area contributed by atoms with E-state index in [1.807, 2.05) is 24.3 Å². The number of nitrogens with zero attached hydrogens (tertiary/aromatic N) is 2. The van der Waals surface area contributed by atoms with E-state index in [1.165, 1.54) is 0 Å². The van der Waals surface area contributed by atoms with E-state index in [2.05, 4.69) is 22.4 Å². The predicted octanol–water partition coefficient (Wildman–Crippen LogP) is 1.74. The van der Waals surface area contributed by atoms with Gasteiger partial charge in [0, 0.05) is 32.7 Å². The van der Waals surface area contributed by atoms with Crippen LogP contribution in [0.5, 0.6) is 0 Å². The molecule has 2 nitrogen and oxygen atoms in total. The van der Waals surface area contributed by atoms with Crippen LogP contribution in [0.25, 0.3) is 11.1 Å². The molecule has 13 heavy (non-hydrogen) atoms. The number of hydrogen-bond acceptors (Lipinski definition) is 2. The summed E-state index contributed by atoms with van der Waals surface area (Å²) >= 11 is 0. The fourth-order valence-electron chi connectivity index (χ4n) is 0.953. The normalized spacial score (nSPS) is 8.92. The average molecular weight is 243 g/mol. The van der Waals surface area contributed by atoms with Gasteiger partial charge in [0.15, 0.2) is 0 Å². The first-order valence-corrected chi connectivity index (χ1v) is 3.62. The molecule has 3 heteroatoms. The number of rotatable bonds is 1. The Balaban J connectivity index is 0.000000845. The van der Waals surface area contributed by atoms with Crippen LogP contribution in [-0.4, -0.2) is 9.97 Å². The standard InChI is InChI=1S/C10H6N2.Y/c1-3-9(7-11-5-1)10-4-2-6-12-8-10;/h1-6H;/q-2;. The molecule has 2 aromatic rings. The van der Waals surface area contributed by atoms with Gasteiger partial charge in [-0.25, -0.2) is 11.1 Å². The van der Waals surface area contributed by atoms with Crippen molar-refractivity contribution in [2.24, 2.45) is 0 Å². The zero-order valence-corrected chi connectivity index (χ0v) is 9.77. The van der Waals surface area contributed by atoms with Gasteiger partial charge in [-0.3, -0.25) is 0 Å². The molecular weight excluding hydrogens is 237 g/mol. The van der Waals surface area contributed by atoms with Crippen LogP contribution >= 0.6 is 0 Å². The molecule has 0 bridgehead atoms. The molecule has 0 saturated heterocycles. The Morgan fingerprint density at radius 3 is 1.62 bits per heavy atom. The molecule has 0 atom stereocenters. The maximum Gasteiger partial charge on any atom is 0 e. The molecule has 2 rings (SSSR count). The third-order valence-corrected chi connectivity index (χ3v) is 1.51. The van der Waals surface area contributed by atoms with Crippen molar-refractivity contribution in [2.75, 3.05) is 0 Å². The smallest absolute Gasteiger partial charge is 0 e. The van der Waals surface area contributed by atoms with Crippen LogP contribution in [0.3, 0.4) is 0 Å². The summed E-state index contributed by atoms with van der Waals surface area (Å²) in [4.78, 5) is 7.78. The molecule has 0 saturated carbocycles. The quantitative estimate of drug-likeness (QED) is 0.713. The van der Waals surface area contributed by atoms with Gasteiger partial charge in [-0.15, -0.1) is 12.1 Å². The summed E-state index contributed by atoms with van der Waals surface area (Å²) in [7, 11) is 0. The van der Waals surface area contributed by atoms with Crippen molar-refractivity contribution >= 4 is 0 Å². The van der Waals surface area contributed by atoms with Crippen LogP contribution in [0.1, 0.15) is 0 Å². The first-order valence-electron chi connectivity index (χ1n) is 3.62. The molecule has 0 aliphatic carbocycles. The minimum Gasteiger partial charge on any atom is -0.371 e. The van der Waals surface area contributed by atoms with Crippen LogP contribution in [0, 0.1) is 12.4 Å². The molecule has 0 aliphatic heterocycles. The number of pyridine rings is 2.